The number of hydrogen-bond acceptors (Lipinski definition) is 4. The Balaban J connectivity index is 1.99. The summed E-state index contributed by atoms with van der Waals surface area (Å²) in [5.41, 5.74) is -1.33. The van der Waals surface area contributed by atoms with Crippen LogP contribution in [-0.4, -0.2) is 28.4 Å². The summed E-state index contributed by atoms with van der Waals surface area (Å²) in [6.07, 6.45) is 1.83. The molecule has 0 radical (unpaired) electrons. The predicted molar refractivity (Wildman–Crippen MR) is 74.9 cm³/mol. The summed E-state index contributed by atoms with van der Waals surface area (Å²) < 4.78 is 0. The van der Waals surface area contributed by atoms with Gasteiger partial charge in [0.15, 0.2) is 0 Å². The van der Waals surface area contributed by atoms with E-state index in [4.69, 9.17) is 5.11 Å². The van der Waals surface area contributed by atoms with Crippen molar-refractivity contribution < 1.29 is 19.5 Å². The topological polar surface area (TPSA) is 95.5 Å². The third kappa shape index (κ3) is 3.36. The Bertz CT molecular complexity index is 560. The van der Waals surface area contributed by atoms with E-state index in [1.165, 1.54) is 13.8 Å². The molecule has 1 fully saturated rings. The van der Waals surface area contributed by atoms with Gasteiger partial charge in [0.2, 0.25) is 5.91 Å². The molecule has 0 unspecified atom stereocenters. The molecule has 0 spiro atoms. The van der Waals surface area contributed by atoms with Crippen LogP contribution in [-0.2, 0) is 9.59 Å². The average Bonchev–Trinajstić information content (AvgIpc) is 3.09. The van der Waals surface area contributed by atoms with Crippen LogP contribution in [0.15, 0.2) is 12.1 Å². The fourth-order valence-electron chi connectivity index (χ4n) is 1.49. The minimum absolute atomic E-state index is 0.0235. The molecular formula is C13H16N2O4S. The van der Waals surface area contributed by atoms with Gasteiger partial charge in [0.05, 0.1) is 9.88 Å². The van der Waals surface area contributed by atoms with Gasteiger partial charge < -0.3 is 15.7 Å². The lowest BCUT2D eigenvalue weighted by atomic mass is 10.1. The van der Waals surface area contributed by atoms with Crippen LogP contribution < -0.4 is 10.6 Å². The molecule has 20 heavy (non-hydrogen) atoms. The van der Waals surface area contributed by atoms with E-state index in [0.29, 0.717) is 9.88 Å². The summed E-state index contributed by atoms with van der Waals surface area (Å²) in [6, 6.07) is 3.22. The number of aliphatic carboxylic acids is 1. The Hall–Kier alpha value is -1.89. The van der Waals surface area contributed by atoms with Crippen LogP contribution in [0.1, 0.15) is 36.4 Å². The first-order valence-corrected chi connectivity index (χ1v) is 7.08. The van der Waals surface area contributed by atoms with Gasteiger partial charge in [0, 0.05) is 5.92 Å². The van der Waals surface area contributed by atoms with Crippen molar-refractivity contribution in [1.29, 1.82) is 0 Å². The van der Waals surface area contributed by atoms with Crippen molar-refractivity contribution in [2.75, 3.05) is 5.32 Å². The molecule has 1 saturated carbocycles. The summed E-state index contributed by atoms with van der Waals surface area (Å²) in [7, 11) is 0. The summed E-state index contributed by atoms with van der Waals surface area (Å²) in [4.78, 5) is 34.8. The van der Waals surface area contributed by atoms with E-state index < -0.39 is 17.4 Å². The Kier molecular flexibility index (Phi) is 3.80. The van der Waals surface area contributed by atoms with Crippen molar-refractivity contribution >= 4 is 34.1 Å². The van der Waals surface area contributed by atoms with Crippen LogP contribution in [0.4, 0.5) is 5.00 Å². The summed E-state index contributed by atoms with van der Waals surface area (Å²) in [5, 5.41) is 14.7. The van der Waals surface area contributed by atoms with Crippen molar-refractivity contribution in [3.05, 3.63) is 17.0 Å². The monoisotopic (exact) mass is 296 g/mol. The third-order valence-electron chi connectivity index (χ3n) is 2.99. The maximum absolute atomic E-state index is 11.9. The van der Waals surface area contributed by atoms with Crippen LogP contribution in [0.5, 0.6) is 0 Å². The summed E-state index contributed by atoms with van der Waals surface area (Å²) in [5.74, 6) is -1.50. The zero-order valence-corrected chi connectivity index (χ0v) is 12.0. The second kappa shape index (κ2) is 5.24. The zero-order chi connectivity index (χ0) is 14.9. The molecule has 1 aromatic rings. The van der Waals surface area contributed by atoms with E-state index >= 15 is 0 Å². The number of thiophene rings is 1. The van der Waals surface area contributed by atoms with Crippen molar-refractivity contribution in [3.8, 4) is 0 Å². The first-order chi connectivity index (χ1) is 9.29. The lowest BCUT2D eigenvalue weighted by molar-refractivity contribution is -0.143. The summed E-state index contributed by atoms with van der Waals surface area (Å²) in [6.45, 7) is 2.83. The third-order valence-corrected chi connectivity index (χ3v) is 3.98. The van der Waals surface area contributed by atoms with Crippen LogP contribution >= 0.6 is 11.3 Å². The molecule has 0 aromatic carbocycles. The molecule has 2 amide bonds. The number of amides is 2. The molecule has 108 valence electrons. The standard InChI is InChI=1S/C13H16N2O4S/c1-13(2,12(18)19)15-11(17)8-5-6-9(20-8)14-10(16)7-3-4-7/h5-7H,3-4H2,1-2H3,(H,14,16)(H,15,17)(H,18,19). The fraction of sp³-hybridized carbons (Fsp3) is 0.462. The minimum Gasteiger partial charge on any atom is -0.480 e. The van der Waals surface area contributed by atoms with Crippen LogP contribution in [0.3, 0.4) is 0 Å². The van der Waals surface area contributed by atoms with Crippen molar-refractivity contribution in [3.63, 3.8) is 0 Å². The van der Waals surface area contributed by atoms with Gasteiger partial charge in [-0.25, -0.2) is 4.79 Å². The SMILES string of the molecule is CC(C)(NC(=O)c1ccc(NC(=O)C2CC2)s1)C(=O)O. The lowest BCUT2D eigenvalue weighted by Gasteiger charge is -2.20. The molecule has 2 rings (SSSR count). The molecule has 0 atom stereocenters. The highest BCUT2D eigenvalue weighted by Gasteiger charge is 2.31. The van der Waals surface area contributed by atoms with Crippen molar-refractivity contribution in [1.82, 2.24) is 5.32 Å². The molecule has 3 N–H and O–H groups in total. The quantitative estimate of drug-likeness (QED) is 0.770. The highest BCUT2D eigenvalue weighted by atomic mass is 32.1. The second-order valence-corrected chi connectivity index (χ2v) is 6.40. The van der Waals surface area contributed by atoms with Gasteiger partial charge in [-0.15, -0.1) is 11.3 Å². The van der Waals surface area contributed by atoms with Gasteiger partial charge in [0.25, 0.3) is 5.91 Å². The zero-order valence-electron chi connectivity index (χ0n) is 11.2. The number of carbonyl (C=O) groups excluding carboxylic acids is 2. The smallest absolute Gasteiger partial charge is 0.328 e. The molecule has 1 heterocycles. The van der Waals surface area contributed by atoms with Gasteiger partial charge in [-0.3, -0.25) is 9.59 Å². The van der Waals surface area contributed by atoms with E-state index in [2.05, 4.69) is 10.6 Å². The minimum atomic E-state index is -1.33. The van der Waals surface area contributed by atoms with Crippen LogP contribution in [0.25, 0.3) is 0 Å². The lowest BCUT2D eigenvalue weighted by Crippen LogP contribution is -2.49. The number of carboxylic acid groups (broad SMARTS) is 1. The molecule has 6 nitrogen and oxygen atoms in total. The highest BCUT2D eigenvalue weighted by molar-refractivity contribution is 7.18. The molecule has 7 heteroatoms. The molecule has 0 bridgehead atoms. The van der Waals surface area contributed by atoms with Gasteiger partial charge in [0.1, 0.15) is 5.54 Å². The van der Waals surface area contributed by atoms with Gasteiger partial charge in [-0.1, -0.05) is 0 Å². The van der Waals surface area contributed by atoms with E-state index in [9.17, 15) is 14.4 Å². The highest BCUT2D eigenvalue weighted by Crippen LogP contribution is 2.31. The Morgan fingerprint density at radius 2 is 1.95 bits per heavy atom. The first-order valence-electron chi connectivity index (χ1n) is 6.26. The predicted octanol–water partition coefficient (Wildman–Crippen LogP) is 1.69. The van der Waals surface area contributed by atoms with E-state index in [1.807, 2.05) is 0 Å². The van der Waals surface area contributed by atoms with Gasteiger partial charge in [-0.2, -0.15) is 0 Å². The summed E-state index contributed by atoms with van der Waals surface area (Å²) >= 11 is 1.13. The number of hydrogen-bond donors (Lipinski definition) is 3. The number of nitrogens with one attached hydrogen (secondary N) is 2. The van der Waals surface area contributed by atoms with Crippen LogP contribution in [0, 0.1) is 5.92 Å². The molecule has 1 aliphatic carbocycles. The van der Waals surface area contributed by atoms with Crippen molar-refractivity contribution in [2.24, 2.45) is 5.92 Å². The second-order valence-electron chi connectivity index (χ2n) is 5.31. The Morgan fingerprint density at radius 1 is 1.30 bits per heavy atom. The molecule has 0 saturated heterocycles. The normalized spacial score (nSPS) is 14.7. The van der Waals surface area contributed by atoms with E-state index in [-0.39, 0.29) is 11.8 Å². The molecular weight excluding hydrogens is 280 g/mol. The van der Waals surface area contributed by atoms with Crippen LogP contribution in [0.2, 0.25) is 0 Å². The molecule has 0 aliphatic heterocycles. The molecule has 1 aliphatic rings. The number of carboxylic acids is 1. The largest absolute Gasteiger partial charge is 0.480 e. The van der Waals surface area contributed by atoms with Crippen molar-refractivity contribution in [2.45, 2.75) is 32.2 Å². The fourth-order valence-corrected chi connectivity index (χ4v) is 2.30. The van der Waals surface area contributed by atoms with Gasteiger partial charge in [-0.05, 0) is 38.8 Å². The number of carbonyl (C=O) groups is 3. The Morgan fingerprint density at radius 3 is 2.50 bits per heavy atom. The molecule has 1 aromatic heterocycles. The first kappa shape index (κ1) is 14.5. The maximum atomic E-state index is 11.9. The Labute approximate surface area is 120 Å². The number of anilines is 1. The number of rotatable bonds is 5. The van der Waals surface area contributed by atoms with E-state index in [0.717, 1.165) is 24.2 Å². The average molecular weight is 296 g/mol. The van der Waals surface area contributed by atoms with E-state index in [1.54, 1.807) is 12.1 Å². The maximum Gasteiger partial charge on any atom is 0.328 e. The van der Waals surface area contributed by atoms with Gasteiger partial charge >= 0.3 is 5.97 Å².